The lowest BCUT2D eigenvalue weighted by Crippen LogP contribution is -2.36. The van der Waals surface area contributed by atoms with Gasteiger partial charge >= 0.3 is 0 Å². The van der Waals surface area contributed by atoms with Crippen molar-refractivity contribution in [1.29, 1.82) is 5.26 Å². The van der Waals surface area contributed by atoms with Gasteiger partial charge < -0.3 is 9.64 Å². The Morgan fingerprint density at radius 2 is 1.83 bits per heavy atom. The van der Waals surface area contributed by atoms with Gasteiger partial charge in [-0.05, 0) is 38.1 Å². The van der Waals surface area contributed by atoms with Crippen LogP contribution in [0.5, 0.6) is 0 Å². The van der Waals surface area contributed by atoms with E-state index in [1.807, 2.05) is 38.1 Å². The zero-order chi connectivity index (χ0) is 20.0. The molecule has 0 spiro atoms. The van der Waals surface area contributed by atoms with Gasteiger partial charge in [-0.2, -0.15) is 5.26 Å². The van der Waals surface area contributed by atoms with Gasteiger partial charge in [0.05, 0.1) is 35.5 Å². The van der Waals surface area contributed by atoms with E-state index in [1.165, 1.54) is 0 Å². The number of morpholine rings is 1. The number of pyridine rings is 1. The third-order valence-electron chi connectivity index (χ3n) is 5.47. The number of fused-ring (bicyclic) bond motifs is 2. The van der Waals surface area contributed by atoms with Crippen molar-refractivity contribution in [3.63, 3.8) is 0 Å². The summed E-state index contributed by atoms with van der Waals surface area (Å²) in [5, 5.41) is 10.9. The van der Waals surface area contributed by atoms with Crippen molar-refractivity contribution >= 4 is 27.6 Å². The number of ether oxygens (including phenoxy) is 1. The zero-order valence-corrected chi connectivity index (χ0v) is 16.5. The maximum Gasteiger partial charge on any atom is 0.111 e. The Morgan fingerprint density at radius 1 is 1.03 bits per heavy atom. The van der Waals surface area contributed by atoms with Gasteiger partial charge in [0, 0.05) is 29.9 Å². The first-order valence-electron chi connectivity index (χ1n) is 9.78. The maximum absolute atomic E-state index is 9.79. The van der Waals surface area contributed by atoms with Crippen molar-refractivity contribution in [2.24, 2.45) is 0 Å². The van der Waals surface area contributed by atoms with E-state index in [0.29, 0.717) is 18.8 Å². The van der Waals surface area contributed by atoms with Crippen LogP contribution in [0.1, 0.15) is 17.1 Å². The van der Waals surface area contributed by atoms with E-state index in [-0.39, 0.29) is 0 Å². The summed E-state index contributed by atoms with van der Waals surface area (Å²) in [4.78, 5) is 11.7. The Morgan fingerprint density at radius 3 is 2.62 bits per heavy atom. The van der Waals surface area contributed by atoms with Crippen LogP contribution in [0, 0.1) is 25.2 Å². The molecule has 3 heterocycles. The van der Waals surface area contributed by atoms with Crippen LogP contribution in [0.25, 0.3) is 27.6 Å². The van der Waals surface area contributed by atoms with E-state index in [2.05, 4.69) is 38.7 Å². The molecule has 1 fully saturated rings. The second-order valence-corrected chi connectivity index (χ2v) is 7.37. The van der Waals surface area contributed by atoms with Crippen molar-refractivity contribution in [1.82, 2.24) is 14.5 Å². The number of imidazole rings is 1. The highest BCUT2D eigenvalue weighted by molar-refractivity contribution is 5.93. The summed E-state index contributed by atoms with van der Waals surface area (Å²) >= 11 is 0. The smallest absolute Gasteiger partial charge is 0.111 e. The molecule has 4 aromatic rings. The molecule has 144 valence electrons. The molecule has 6 heteroatoms. The van der Waals surface area contributed by atoms with Gasteiger partial charge in [0.1, 0.15) is 17.4 Å². The normalized spacial score (nSPS) is 14.4. The number of hydrogen-bond donors (Lipinski definition) is 0. The standard InChI is InChI=1S/C23H21N5O/c1-15-11-21(19-5-3-4-6-20(19)25-15)28-16(2)26-23-17(14-24)12-18(13-22(23)28)27-7-9-29-10-8-27/h3-6,11-13H,7-10H2,1-2H3. The number of anilines is 1. The average Bonchev–Trinajstić information content (AvgIpc) is 3.08. The van der Waals surface area contributed by atoms with Gasteiger partial charge in [-0.15, -0.1) is 0 Å². The lowest BCUT2D eigenvalue weighted by atomic mass is 10.1. The van der Waals surface area contributed by atoms with Gasteiger partial charge in [0.15, 0.2) is 0 Å². The summed E-state index contributed by atoms with van der Waals surface area (Å²) in [5.41, 5.74) is 6.25. The highest BCUT2D eigenvalue weighted by atomic mass is 16.5. The van der Waals surface area contributed by atoms with Gasteiger partial charge in [-0.1, -0.05) is 18.2 Å². The monoisotopic (exact) mass is 383 g/mol. The Labute approximate surface area is 169 Å². The van der Waals surface area contributed by atoms with E-state index in [1.54, 1.807) is 0 Å². The molecule has 0 aliphatic carbocycles. The summed E-state index contributed by atoms with van der Waals surface area (Å²) in [6.45, 7) is 7.03. The van der Waals surface area contributed by atoms with Crippen LogP contribution in [0.3, 0.4) is 0 Å². The number of nitriles is 1. The van der Waals surface area contributed by atoms with Crippen LogP contribution in [0.2, 0.25) is 0 Å². The van der Waals surface area contributed by atoms with Gasteiger partial charge in [-0.25, -0.2) is 4.98 Å². The average molecular weight is 383 g/mol. The first-order chi connectivity index (χ1) is 14.2. The van der Waals surface area contributed by atoms with Crippen LogP contribution in [0.4, 0.5) is 5.69 Å². The molecule has 1 saturated heterocycles. The third kappa shape index (κ3) is 2.91. The molecule has 1 aliphatic rings. The molecular formula is C23H21N5O. The van der Waals surface area contributed by atoms with Crippen LogP contribution in [-0.4, -0.2) is 40.8 Å². The highest BCUT2D eigenvalue weighted by Crippen LogP contribution is 2.32. The molecule has 2 aromatic heterocycles. The van der Waals surface area contributed by atoms with E-state index < -0.39 is 0 Å². The van der Waals surface area contributed by atoms with Crippen LogP contribution in [-0.2, 0) is 4.74 Å². The SMILES string of the molecule is Cc1cc(-n2c(C)nc3c(C#N)cc(N4CCOCC4)cc32)c2ccccc2n1. The minimum Gasteiger partial charge on any atom is -0.378 e. The van der Waals surface area contributed by atoms with E-state index in [9.17, 15) is 5.26 Å². The molecule has 0 atom stereocenters. The minimum atomic E-state index is 0.598. The molecule has 0 bridgehead atoms. The lowest BCUT2D eigenvalue weighted by Gasteiger charge is -2.29. The number of aryl methyl sites for hydroxylation is 2. The number of rotatable bonds is 2. The quantitative estimate of drug-likeness (QED) is 0.525. The summed E-state index contributed by atoms with van der Waals surface area (Å²) < 4.78 is 7.64. The molecule has 0 unspecified atom stereocenters. The highest BCUT2D eigenvalue weighted by Gasteiger charge is 2.19. The van der Waals surface area contributed by atoms with Crippen LogP contribution < -0.4 is 4.90 Å². The number of nitrogens with zero attached hydrogens (tertiary/aromatic N) is 5. The Hall–Kier alpha value is -3.43. The van der Waals surface area contributed by atoms with E-state index in [0.717, 1.165) is 57.9 Å². The zero-order valence-electron chi connectivity index (χ0n) is 16.5. The molecule has 29 heavy (non-hydrogen) atoms. The number of benzene rings is 2. The molecule has 5 rings (SSSR count). The first kappa shape index (κ1) is 17.7. The number of para-hydroxylation sites is 1. The minimum absolute atomic E-state index is 0.598. The predicted octanol–water partition coefficient (Wildman–Crippen LogP) is 3.90. The summed E-state index contributed by atoms with van der Waals surface area (Å²) in [6, 6.07) is 16.7. The fourth-order valence-corrected chi connectivity index (χ4v) is 4.14. The van der Waals surface area contributed by atoms with Crippen molar-refractivity contribution in [2.75, 3.05) is 31.2 Å². The molecular weight excluding hydrogens is 362 g/mol. The summed E-state index contributed by atoms with van der Waals surface area (Å²) in [5.74, 6) is 0.853. The van der Waals surface area contributed by atoms with Gasteiger partial charge in [0.25, 0.3) is 0 Å². The van der Waals surface area contributed by atoms with Crippen molar-refractivity contribution in [2.45, 2.75) is 13.8 Å². The fourth-order valence-electron chi connectivity index (χ4n) is 4.14. The topological polar surface area (TPSA) is 67.0 Å². The first-order valence-corrected chi connectivity index (χ1v) is 9.78. The molecule has 0 N–H and O–H groups in total. The van der Waals surface area contributed by atoms with Crippen LogP contribution in [0.15, 0.2) is 42.5 Å². The molecule has 6 nitrogen and oxygen atoms in total. The summed E-state index contributed by atoms with van der Waals surface area (Å²) in [6.07, 6.45) is 0. The van der Waals surface area contributed by atoms with Gasteiger partial charge in [0.2, 0.25) is 0 Å². The molecule has 0 radical (unpaired) electrons. The largest absolute Gasteiger partial charge is 0.378 e. The Bertz CT molecular complexity index is 1280. The Kier molecular flexibility index (Phi) is 4.18. The maximum atomic E-state index is 9.79. The predicted molar refractivity (Wildman–Crippen MR) is 114 cm³/mol. The summed E-state index contributed by atoms with van der Waals surface area (Å²) in [7, 11) is 0. The van der Waals surface area contributed by atoms with Gasteiger partial charge in [-0.3, -0.25) is 9.55 Å². The van der Waals surface area contributed by atoms with Crippen molar-refractivity contribution in [3.8, 4) is 11.8 Å². The van der Waals surface area contributed by atoms with Crippen molar-refractivity contribution in [3.05, 3.63) is 59.5 Å². The molecule has 2 aromatic carbocycles. The van der Waals surface area contributed by atoms with E-state index in [4.69, 9.17) is 9.72 Å². The van der Waals surface area contributed by atoms with E-state index >= 15 is 0 Å². The number of aromatic nitrogens is 3. The Balaban J connectivity index is 1.81. The fraction of sp³-hybridized carbons (Fsp3) is 0.261. The second-order valence-electron chi connectivity index (χ2n) is 7.37. The number of hydrogen-bond acceptors (Lipinski definition) is 5. The van der Waals surface area contributed by atoms with Crippen LogP contribution >= 0.6 is 0 Å². The molecule has 0 amide bonds. The second kappa shape index (κ2) is 6.87. The molecule has 1 aliphatic heterocycles. The van der Waals surface area contributed by atoms with Crippen molar-refractivity contribution < 1.29 is 4.74 Å². The lowest BCUT2D eigenvalue weighted by molar-refractivity contribution is 0.122. The third-order valence-corrected chi connectivity index (χ3v) is 5.47. The molecule has 0 saturated carbocycles.